The first-order valence-electron chi connectivity index (χ1n) is 11.0. The molecule has 4 N–H and O–H groups in total. The van der Waals surface area contributed by atoms with Crippen LogP contribution in [0.25, 0.3) is 21.8 Å². The van der Waals surface area contributed by atoms with E-state index in [1.54, 1.807) is 6.07 Å². The first-order valence-corrected chi connectivity index (χ1v) is 11.8. The Morgan fingerprint density at radius 3 is 2.22 bits per heavy atom. The zero-order chi connectivity index (χ0) is 27.0. The third-order valence-corrected chi connectivity index (χ3v) is 6.64. The second-order valence-corrected chi connectivity index (χ2v) is 10.1. The molecule has 4 rings (SSSR count). The highest BCUT2D eigenvalue weighted by Crippen LogP contribution is 2.42. The van der Waals surface area contributed by atoms with Crippen LogP contribution in [0.4, 0.5) is 39.7 Å². The highest BCUT2D eigenvalue weighted by atomic mass is 32.1. The number of rotatable bonds is 4. The summed E-state index contributed by atoms with van der Waals surface area (Å²) in [5, 5.41) is 5.78. The van der Waals surface area contributed by atoms with Crippen LogP contribution in [0.5, 0.6) is 0 Å². The number of halogens is 4. The predicted molar refractivity (Wildman–Crippen MR) is 136 cm³/mol. The maximum Gasteiger partial charge on any atom is 0.416 e. The molecule has 37 heavy (non-hydrogen) atoms. The number of carbonyl (C=O) groups excluding carboxylic acids is 1. The molecule has 2 aromatic carbocycles. The normalized spacial score (nSPS) is 11.9. The second kappa shape index (κ2) is 9.77. The fourth-order valence-corrected chi connectivity index (χ4v) is 4.47. The van der Waals surface area contributed by atoms with Crippen molar-refractivity contribution in [2.45, 2.75) is 32.4 Å². The van der Waals surface area contributed by atoms with E-state index in [1.807, 2.05) is 20.8 Å². The molecule has 7 nitrogen and oxygen atoms in total. The van der Waals surface area contributed by atoms with E-state index in [-0.39, 0.29) is 28.3 Å². The lowest BCUT2D eigenvalue weighted by molar-refractivity contribution is -0.137. The van der Waals surface area contributed by atoms with Gasteiger partial charge in [0.05, 0.1) is 21.1 Å². The average Bonchev–Trinajstić information content (AvgIpc) is 3.26. The zero-order valence-electron chi connectivity index (χ0n) is 19.9. The standard InChI is InChI=1S/C25H22F4N6OS/c1-24(2,3)21-35-19(18-10-11-31-22(30)34-18)20(37-21)16-12-15(8-9-17(16)26)33-23(36)32-14-6-4-13(5-7-14)25(27,28)29/h4-12H,1-3H3,(H2,30,31,34)(H2,32,33,36). The van der Waals surface area contributed by atoms with Gasteiger partial charge in [-0.25, -0.2) is 24.1 Å². The summed E-state index contributed by atoms with van der Waals surface area (Å²) < 4.78 is 53.3. The van der Waals surface area contributed by atoms with Crippen molar-refractivity contribution >= 4 is 34.7 Å². The van der Waals surface area contributed by atoms with Crippen LogP contribution in [0.1, 0.15) is 31.3 Å². The molecule has 2 aromatic heterocycles. The lowest BCUT2D eigenvalue weighted by Crippen LogP contribution is -2.19. The molecule has 192 valence electrons. The average molecular weight is 531 g/mol. The minimum absolute atomic E-state index is 0.0459. The largest absolute Gasteiger partial charge is 0.416 e. The molecule has 4 aromatic rings. The topological polar surface area (TPSA) is 106 Å². The van der Waals surface area contributed by atoms with E-state index in [4.69, 9.17) is 10.7 Å². The highest BCUT2D eigenvalue weighted by Gasteiger charge is 2.30. The van der Waals surface area contributed by atoms with Gasteiger partial charge in [-0.2, -0.15) is 13.2 Å². The molecule has 0 saturated heterocycles. The first-order chi connectivity index (χ1) is 17.3. The molecule has 0 aliphatic carbocycles. The Balaban J connectivity index is 1.64. The van der Waals surface area contributed by atoms with Crippen LogP contribution in [-0.2, 0) is 11.6 Å². The number of amides is 2. The smallest absolute Gasteiger partial charge is 0.368 e. The number of thiazole rings is 1. The molecular weight excluding hydrogens is 508 g/mol. The summed E-state index contributed by atoms with van der Waals surface area (Å²) in [5.41, 5.74) is 6.05. The lowest BCUT2D eigenvalue weighted by Gasteiger charge is -2.13. The van der Waals surface area contributed by atoms with Crippen LogP contribution in [0.15, 0.2) is 54.7 Å². The molecule has 0 radical (unpaired) electrons. The number of nitrogens with one attached hydrogen (secondary N) is 2. The third-order valence-electron chi connectivity index (χ3n) is 5.12. The second-order valence-electron chi connectivity index (χ2n) is 9.10. The quantitative estimate of drug-likeness (QED) is 0.248. The Bertz CT molecular complexity index is 1450. The van der Waals surface area contributed by atoms with Gasteiger partial charge in [-0.05, 0) is 48.5 Å². The molecule has 0 saturated carbocycles. The van der Waals surface area contributed by atoms with E-state index >= 15 is 4.39 Å². The van der Waals surface area contributed by atoms with Crippen molar-refractivity contribution in [1.29, 1.82) is 0 Å². The summed E-state index contributed by atoms with van der Waals surface area (Å²) in [5.74, 6) is -0.495. The van der Waals surface area contributed by atoms with Gasteiger partial charge in [-0.1, -0.05) is 20.8 Å². The molecule has 0 aliphatic heterocycles. The number of anilines is 3. The molecule has 2 heterocycles. The third kappa shape index (κ3) is 6.02. The number of hydrogen-bond donors (Lipinski definition) is 3. The first kappa shape index (κ1) is 26.0. The number of nitrogens with two attached hydrogens (primary N) is 1. The Kier molecular flexibility index (Phi) is 6.87. The van der Waals surface area contributed by atoms with Gasteiger partial charge < -0.3 is 16.4 Å². The Hall–Kier alpha value is -4.06. The summed E-state index contributed by atoms with van der Waals surface area (Å²) in [6, 6.07) is 8.96. The number of nitrogens with zero attached hydrogens (tertiary/aromatic N) is 3. The molecule has 0 spiro atoms. The van der Waals surface area contributed by atoms with Crippen LogP contribution >= 0.6 is 11.3 Å². The van der Waals surface area contributed by atoms with Gasteiger partial charge in [0.15, 0.2) is 0 Å². The van der Waals surface area contributed by atoms with Gasteiger partial charge in [-0.3, -0.25) is 0 Å². The minimum Gasteiger partial charge on any atom is -0.368 e. The summed E-state index contributed by atoms with van der Waals surface area (Å²) in [6.45, 7) is 5.94. The number of aromatic nitrogens is 3. The van der Waals surface area contributed by atoms with E-state index < -0.39 is 23.6 Å². The number of benzene rings is 2. The monoisotopic (exact) mass is 530 g/mol. The van der Waals surface area contributed by atoms with Gasteiger partial charge in [0, 0.05) is 28.6 Å². The van der Waals surface area contributed by atoms with Crippen molar-refractivity contribution in [2.75, 3.05) is 16.4 Å². The van der Waals surface area contributed by atoms with Crippen molar-refractivity contribution in [2.24, 2.45) is 0 Å². The molecule has 0 atom stereocenters. The molecule has 0 aliphatic rings. The van der Waals surface area contributed by atoms with Crippen molar-refractivity contribution in [3.8, 4) is 21.8 Å². The minimum atomic E-state index is -4.48. The maximum absolute atomic E-state index is 15.1. The van der Waals surface area contributed by atoms with Crippen LogP contribution in [-0.4, -0.2) is 21.0 Å². The predicted octanol–water partition coefficient (Wildman–Crippen LogP) is 6.95. The molecular formula is C25H22F4N6OS. The molecule has 0 fully saturated rings. The number of carbonyl (C=O) groups is 1. The Morgan fingerprint density at radius 2 is 1.59 bits per heavy atom. The van der Waals surface area contributed by atoms with E-state index in [2.05, 4.69) is 20.6 Å². The van der Waals surface area contributed by atoms with E-state index in [0.29, 0.717) is 16.3 Å². The van der Waals surface area contributed by atoms with Gasteiger partial charge >= 0.3 is 12.2 Å². The Morgan fingerprint density at radius 1 is 0.946 bits per heavy atom. The van der Waals surface area contributed by atoms with Crippen molar-refractivity contribution < 1.29 is 22.4 Å². The molecule has 0 unspecified atom stereocenters. The van der Waals surface area contributed by atoms with E-state index in [1.165, 1.54) is 35.7 Å². The summed E-state index contributed by atoms with van der Waals surface area (Å²) in [6.07, 6.45) is -3.00. The van der Waals surface area contributed by atoms with E-state index in [9.17, 15) is 18.0 Å². The fourth-order valence-electron chi connectivity index (χ4n) is 3.32. The fraction of sp³-hybridized carbons (Fsp3) is 0.200. The number of hydrogen-bond acceptors (Lipinski definition) is 6. The zero-order valence-corrected chi connectivity index (χ0v) is 20.8. The van der Waals surface area contributed by atoms with Crippen LogP contribution in [0.3, 0.4) is 0 Å². The van der Waals surface area contributed by atoms with Crippen LogP contribution < -0.4 is 16.4 Å². The number of urea groups is 1. The maximum atomic E-state index is 15.1. The van der Waals surface area contributed by atoms with Gasteiger partial charge in [0.25, 0.3) is 0 Å². The van der Waals surface area contributed by atoms with Crippen molar-refractivity contribution in [3.05, 3.63) is 71.1 Å². The number of alkyl halides is 3. The van der Waals surface area contributed by atoms with Gasteiger partial charge in [0.2, 0.25) is 5.95 Å². The SMILES string of the molecule is CC(C)(C)c1nc(-c2ccnc(N)n2)c(-c2cc(NC(=O)Nc3ccc(C(F)(F)F)cc3)ccc2F)s1. The van der Waals surface area contributed by atoms with Crippen LogP contribution in [0.2, 0.25) is 0 Å². The highest BCUT2D eigenvalue weighted by molar-refractivity contribution is 7.15. The van der Waals surface area contributed by atoms with Crippen LogP contribution in [0, 0.1) is 5.82 Å². The summed E-state index contributed by atoms with van der Waals surface area (Å²) in [4.78, 5) is 25.8. The summed E-state index contributed by atoms with van der Waals surface area (Å²) in [7, 11) is 0. The summed E-state index contributed by atoms with van der Waals surface area (Å²) >= 11 is 1.30. The molecule has 12 heteroatoms. The Labute approximate surface area is 213 Å². The van der Waals surface area contributed by atoms with Gasteiger partial charge in [0.1, 0.15) is 11.5 Å². The lowest BCUT2D eigenvalue weighted by atomic mass is 9.98. The van der Waals surface area contributed by atoms with Crippen molar-refractivity contribution in [3.63, 3.8) is 0 Å². The van der Waals surface area contributed by atoms with Crippen molar-refractivity contribution in [1.82, 2.24) is 15.0 Å². The van der Waals surface area contributed by atoms with Gasteiger partial charge in [-0.15, -0.1) is 11.3 Å². The molecule has 0 bridgehead atoms. The van der Waals surface area contributed by atoms with E-state index in [0.717, 1.165) is 29.3 Å². The molecule has 2 amide bonds. The number of nitrogen functional groups attached to an aromatic ring is 1.